The fourth-order valence-electron chi connectivity index (χ4n) is 4.43. The van der Waals surface area contributed by atoms with Crippen LogP contribution in [0, 0.1) is 6.92 Å². The number of ketones is 1. The Morgan fingerprint density at radius 1 is 1.09 bits per heavy atom. The van der Waals surface area contributed by atoms with Gasteiger partial charge >= 0.3 is 0 Å². The Balaban J connectivity index is 0.00000324. The summed E-state index contributed by atoms with van der Waals surface area (Å²) in [6, 6.07) is 13.9. The third-order valence-corrected chi connectivity index (χ3v) is 6.25. The predicted octanol–water partition coefficient (Wildman–Crippen LogP) is 3.78. The van der Waals surface area contributed by atoms with Crippen LogP contribution in [-0.4, -0.2) is 73.1 Å². The summed E-state index contributed by atoms with van der Waals surface area (Å²) in [6.07, 6.45) is 0.720. The second kappa shape index (κ2) is 11.3. The number of morpholine rings is 1. The van der Waals surface area contributed by atoms with Gasteiger partial charge < -0.3 is 19.5 Å². The predicted molar refractivity (Wildman–Crippen MR) is 132 cm³/mol. The minimum Gasteiger partial charge on any atom is -0.507 e. The SMILES string of the molecule is C.COc1cccc(C2C(=C(O)c3ccc(C)cc3)C(=O)C(=O)N2CCCN2CCOCC2)c1. The maximum atomic E-state index is 13.1. The number of Topliss-reactive ketones (excluding diaryl/α,β-unsaturated/α-hetero) is 1. The molecule has 34 heavy (non-hydrogen) atoms. The number of hydrogen-bond donors (Lipinski definition) is 1. The van der Waals surface area contributed by atoms with E-state index in [4.69, 9.17) is 9.47 Å². The molecule has 2 fully saturated rings. The molecule has 0 radical (unpaired) electrons. The first kappa shape index (κ1) is 25.5. The van der Waals surface area contributed by atoms with Crippen molar-refractivity contribution in [2.75, 3.05) is 46.5 Å². The maximum absolute atomic E-state index is 13.1. The molecule has 0 saturated carbocycles. The van der Waals surface area contributed by atoms with Gasteiger partial charge in [0.2, 0.25) is 0 Å². The van der Waals surface area contributed by atoms with E-state index in [1.54, 1.807) is 24.1 Å². The van der Waals surface area contributed by atoms with Gasteiger partial charge in [-0.25, -0.2) is 0 Å². The molecule has 4 rings (SSSR count). The first-order valence-corrected chi connectivity index (χ1v) is 11.3. The van der Waals surface area contributed by atoms with Crippen LogP contribution in [0.3, 0.4) is 0 Å². The second-order valence-electron chi connectivity index (χ2n) is 8.44. The van der Waals surface area contributed by atoms with Gasteiger partial charge in [-0.05, 0) is 31.0 Å². The maximum Gasteiger partial charge on any atom is 0.295 e. The van der Waals surface area contributed by atoms with E-state index in [0.717, 1.165) is 37.2 Å². The summed E-state index contributed by atoms with van der Waals surface area (Å²) in [7, 11) is 1.57. The third-order valence-electron chi connectivity index (χ3n) is 6.25. The number of aliphatic hydroxyl groups excluding tert-OH is 1. The van der Waals surface area contributed by atoms with Gasteiger partial charge in [0.05, 0.1) is 31.9 Å². The number of hydrogen-bond acceptors (Lipinski definition) is 6. The summed E-state index contributed by atoms with van der Waals surface area (Å²) in [5, 5.41) is 11.1. The zero-order valence-electron chi connectivity index (χ0n) is 19.1. The molecule has 2 aliphatic rings. The van der Waals surface area contributed by atoms with Crippen molar-refractivity contribution >= 4 is 17.4 Å². The molecule has 0 aromatic heterocycles. The number of ether oxygens (including phenoxy) is 2. The van der Waals surface area contributed by atoms with E-state index in [9.17, 15) is 14.7 Å². The van der Waals surface area contributed by atoms with Crippen LogP contribution >= 0.6 is 0 Å². The second-order valence-corrected chi connectivity index (χ2v) is 8.44. The minimum absolute atomic E-state index is 0. The Kier molecular flexibility index (Phi) is 8.47. The highest BCUT2D eigenvalue weighted by atomic mass is 16.5. The third kappa shape index (κ3) is 5.32. The van der Waals surface area contributed by atoms with Gasteiger partial charge in [-0.15, -0.1) is 0 Å². The molecule has 1 N–H and O–H groups in total. The van der Waals surface area contributed by atoms with E-state index in [-0.39, 0.29) is 18.8 Å². The van der Waals surface area contributed by atoms with Crippen molar-refractivity contribution in [3.63, 3.8) is 0 Å². The monoisotopic (exact) mass is 466 g/mol. The average molecular weight is 467 g/mol. The molecule has 1 amide bonds. The lowest BCUT2D eigenvalue weighted by molar-refractivity contribution is -0.140. The van der Waals surface area contributed by atoms with Crippen LogP contribution in [-0.2, 0) is 14.3 Å². The molecule has 2 heterocycles. The van der Waals surface area contributed by atoms with Gasteiger partial charge in [0.15, 0.2) is 0 Å². The quantitative estimate of drug-likeness (QED) is 0.380. The molecule has 182 valence electrons. The molecule has 2 aromatic rings. The number of amides is 1. The molecular weight excluding hydrogens is 432 g/mol. The summed E-state index contributed by atoms with van der Waals surface area (Å²) >= 11 is 0. The Morgan fingerprint density at radius 2 is 1.79 bits per heavy atom. The summed E-state index contributed by atoms with van der Waals surface area (Å²) in [4.78, 5) is 30.1. The van der Waals surface area contributed by atoms with Gasteiger partial charge in [-0.1, -0.05) is 49.4 Å². The molecule has 7 heteroatoms. The molecule has 0 bridgehead atoms. The molecule has 1 unspecified atom stereocenters. The highest BCUT2D eigenvalue weighted by Crippen LogP contribution is 2.40. The standard InChI is InChI=1S/C26H30N2O5.CH4/c1-18-7-9-19(10-8-18)24(29)22-23(20-5-3-6-21(17-20)32-2)28(26(31)25(22)30)12-4-11-27-13-15-33-16-14-27;/h3,5-10,17,23,29H,4,11-16H2,1-2H3;1H4. The van der Waals surface area contributed by atoms with Crippen LogP contribution in [0.2, 0.25) is 0 Å². The van der Waals surface area contributed by atoms with Crippen molar-refractivity contribution in [2.24, 2.45) is 0 Å². The lowest BCUT2D eigenvalue weighted by Crippen LogP contribution is -2.38. The molecule has 1 atom stereocenters. The number of methoxy groups -OCH3 is 1. The lowest BCUT2D eigenvalue weighted by Gasteiger charge is -2.29. The van der Waals surface area contributed by atoms with Crippen molar-refractivity contribution in [2.45, 2.75) is 26.8 Å². The van der Waals surface area contributed by atoms with Crippen LogP contribution in [0.5, 0.6) is 5.75 Å². The van der Waals surface area contributed by atoms with Gasteiger partial charge in [0.1, 0.15) is 11.5 Å². The fourth-order valence-corrected chi connectivity index (χ4v) is 4.43. The van der Waals surface area contributed by atoms with E-state index < -0.39 is 17.7 Å². The van der Waals surface area contributed by atoms with Gasteiger partial charge in [-0.2, -0.15) is 0 Å². The zero-order chi connectivity index (χ0) is 23.4. The normalized spacial score (nSPS) is 20.3. The number of benzene rings is 2. The summed E-state index contributed by atoms with van der Waals surface area (Å²) < 4.78 is 10.8. The lowest BCUT2D eigenvalue weighted by atomic mass is 9.95. The smallest absolute Gasteiger partial charge is 0.295 e. The molecule has 0 spiro atoms. The molecule has 7 nitrogen and oxygen atoms in total. The average Bonchev–Trinajstić information content (AvgIpc) is 3.10. The topological polar surface area (TPSA) is 79.3 Å². The zero-order valence-corrected chi connectivity index (χ0v) is 19.1. The number of rotatable bonds is 7. The van der Waals surface area contributed by atoms with Crippen molar-refractivity contribution < 1.29 is 24.2 Å². The summed E-state index contributed by atoms with van der Waals surface area (Å²) in [5.74, 6) is -0.774. The first-order valence-electron chi connectivity index (χ1n) is 11.3. The van der Waals surface area contributed by atoms with E-state index in [2.05, 4.69) is 4.90 Å². The van der Waals surface area contributed by atoms with E-state index in [1.165, 1.54) is 0 Å². The molecule has 2 aliphatic heterocycles. The molecule has 2 saturated heterocycles. The van der Waals surface area contributed by atoms with Crippen molar-refractivity contribution in [1.29, 1.82) is 0 Å². The Labute approximate surface area is 201 Å². The number of aryl methyl sites for hydroxylation is 1. The highest BCUT2D eigenvalue weighted by molar-refractivity contribution is 6.46. The van der Waals surface area contributed by atoms with Gasteiger partial charge in [0, 0.05) is 31.7 Å². The van der Waals surface area contributed by atoms with Crippen LogP contribution < -0.4 is 4.74 Å². The number of aliphatic hydroxyl groups is 1. The van der Waals surface area contributed by atoms with Crippen molar-refractivity contribution in [3.8, 4) is 5.75 Å². The van der Waals surface area contributed by atoms with E-state index in [0.29, 0.717) is 31.1 Å². The van der Waals surface area contributed by atoms with Crippen LogP contribution in [0.15, 0.2) is 54.1 Å². The largest absolute Gasteiger partial charge is 0.507 e. The van der Waals surface area contributed by atoms with Crippen molar-refractivity contribution in [3.05, 3.63) is 70.8 Å². The van der Waals surface area contributed by atoms with Crippen LogP contribution in [0.4, 0.5) is 0 Å². The first-order chi connectivity index (χ1) is 16.0. The Bertz CT molecular complexity index is 1040. The van der Waals surface area contributed by atoms with E-state index in [1.807, 2.05) is 43.3 Å². The fraction of sp³-hybridized carbons (Fsp3) is 0.407. The summed E-state index contributed by atoms with van der Waals surface area (Å²) in [6.45, 7) is 6.34. The molecular formula is C27H34N2O5. The number of carbonyl (C=O) groups is 2. The number of carbonyl (C=O) groups excluding carboxylic acids is 2. The Hall–Kier alpha value is -3.16. The van der Waals surface area contributed by atoms with Crippen LogP contribution in [0.25, 0.3) is 5.76 Å². The van der Waals surface area contributed by atoms with Crippen LogP contribution in [0.1, 0.15) is 36.6 Å². The number of nitrogens with zero attached hydrogens (tertiary/aromatic N) is 2. The summed E-state index contributed by atoms with van der Waals surface area (Å²) in [5.41, 5.74) is 2.40. The van der Waals surface area contributed by atoms with Gasteiger partial charge in [-0.3, -0.25) is 14.5 Å². The Morgan fingerprint density at radius 3 is 2.47 bits per heavy atom. The minimum atomic E-state index is -0.675. The van der Waals surface area contributed by atoms with Crippen molar-refractivity contribution in [1.82, 2.24) is 9.80 Å². The molecule has 0 aliphatic carbocycles. The highest BCUT2D eigenvalue weighted by Gasteiger charge is 2.45. The van der Waals surface area contributed by atoms with Gasteiger partial charge in [0.25, 0.3) is 11.7 Å². The molecule has 2 aromatic carbocycles. The number of likely N-dealkylation sites (tertiary alicyclic amines) is 1. The van der Waals surface area contributed by atoms with E-state index >= 15 is 0 Å².